The molecule has 0 spiro atoms. The van der Waals surface area contributed by atoms with Crippen molar-refractivity contribution in [2.75, 3.05) is 26.2 Å². The highest BCUT2D eigenvalue weighted by atomic mass is 35.5. The van der Waals surface area contributed by atoms with Crippen LogP contribution in [0.2, 0.25) is 5.02 Å². The molecule has 0 bridgehead atoms. The molecular weight excluding hydrogens is 264 g/mol. The van der Waals surface area contributed by atoms with Gasteiger partial charge in [-0.1, -0.05) is 35.8 Å². The van der Waals surface area contributed by atoms with Crippen LogP contribution in [-0.4, -0.2) is 48.1 Å². The topological polar surface area (TPSA) is 45.1 Å². The lowest BCUT2D eigenvalue weighted by Crippen LogP contribution is -2.34. The summed E-state index contributed by atoms with van der Waals surface area (Å²) in [6, 6.07) is 7.63. The average Bonchev–Trinajstić information content (AvgIpc) is 2.87. The van der Waals surface area contributed by atoms with Gasteiger partial charge >= 0.3 is 0 Å². The highest BCUT2D eigenvalue weighted by molar-refractivity contribution is 6.30. The summed E-state index contributed by atoms with van der Waals surface area (Å²) in [4.78, 5) is 7.62. The number of hydrogen-bond acceptors (Lipinski definition) is 4. The number of halogens is 1. The van der Waals surface area contributed by atoms with Crippen molar-refractivity contribution < 1.29 is 9.94 Å². The Kier molecular flexibility index (Phi) is 5.19. The molecule has 5 heteroatoms. The summed E-state index contributed by atoms with van der Waals surface area (Å²) in [5, 5.41) is 13.8. The molecule has 0 fully saturated rings. The quantitative estimate of drug-likeness (QED) is 0.869. The van der Waals surface area contributed by atoms with Crippen LogP contribution in [0.4, 0.5) is 0 Å². The molecule has 0 aliphatic carbocycles. The second-order valence-corrected chi connectivity index (χ2v) is 5.03. The first kappa shape index (κ1) is 14.3. The van der Waals surface area contributed by atoms with Crippen LogP contribution in [0.25, 0.3) is 0 Å². The standard InChI is InChI=1S/C14H19ClN2O2/c1-2-17(7-8-18)10-13-9-14(16-19-13)11-3-5-12(15)6-4-11/h3-6,13,18H,2,7-10H2,1H3. The molecule has 0 saturated heterocycles. The molecule has 1 unspecified atom stereocenters. The Morgan fingerprint density at radius 1 is 1.42 bits per heavy atom. The maximum Gasteiger partial charge on any atom is 0.145 e. The third kappa shape index (κ3) is 3.93. The van der Waals surface area contributed by atoms with Crippen LogP contribution in [0.15, 0.2) is 29.4 Å². The number of rotatable bonds is 6. The van der Waals surface area contributed by atoms with Crippen LogP contribution in [-0.2, 0) is 4.84 Å². The second-order valence-electron chi connectivity index (χ2n) is 4.59. The molecule has 0 radical (unpaired) electrons. The van der Waals surface area contributed by atoms with Crippen molar-refractivity contribution in [2.24, 2.45) is 5.16 Å². The predicted octanol–water partition coefficient (Wildman–Crippen LogP) is 2.15. The van der Waals surface area contributed by atoms with E-state index in [4.69, 9.17) is 21.5 Å². The summed E-state index contributed by atoms with van der Waals surface area (Å²) in [5.41, 5.74) is 2.01. The zero-order chi connectivity index (χ0) is 13.7. The molecule has 2 rings (SSSR count). The molecular formula is C14H19ClN2O2. The van der Waals surface area contributed by atoms with Crippen molar-refractivity contribution >= 4 is 17.3 Å². The number of nitrogens with zero attached hydrogens (tertiary/aromatic N) is 2. The highest BCUT2D eigenvalue weighted by Crippen LogP contribution is 2.19. The van der Waals surface area contributed by atoms with E-state index < -0.39 is 0 Å². The second kappa shape index (κ2) is 6.89. The lowest BCUT2D eigenvalue weighted by Gasteiger charge is -2.21. The minimum atomic E-state index is 0.0668. The molecule has 1 atom stereocenters. The molecule has 1 heterocycles. The van der Waals surface area contributed by atoms with E-state index in [2.05, 4.69) is 17.0 Å². The van der Waals surface area contributed by atoms with Crippen LogP contribution >= 0.6 is 11.6 Å². The number of aliphatic hydroxyl groups excluding tert-OH is 1. The number of oxime groups is 1. The summed E-state index contributed by atoms with van der Waals surface area (Å²) >= 11 is 5.87. The largest absolute Gasteiger partial charge is 0.395 e. The maximum absolute atomic E-state index is 8.97. The predicted molar refractivity (Wildman–Crippen MR) is 76.7 cm³/mol. The van der Waals surface area contributed by atoms with E-state index in [1.807, 2.05) is 24.3 Å². The Labute approximate surface area is 118 Å². The van der Waals surface area contributed by atoms with E-state index in [-0.39, 0.29) is 12.7 Å². The highest BCUT2D eigenvalue weighted by Gasteiger charge is 2.23. The molecule has 19 heavy (non-hydrogen) atoms. The van der Waals surface area contributed by atoms with Crippen LogP contribution in [0, 0.1) is 0 Å². The van der Waals surface area contributed by atoms with Crippen molar-refractivity contribution in [3.8, 4) is 0 Å². The van der Waals surface area contributed by atoms with Gasteiger partial charge in [-0.25, -0.2) is 0 Å². The van der Waals surface area contributed by atoms with Gasteiger partial charge in [-0.15, -0.1) is 0 Å². The van der Waals surface area contributed by atoms with Gasteiger partial charge in [-0.3, -0.25) is 4.90 Å². The maximum atomic E-state index is 8.97. The Morgan fingerprint density at radius 3 is 2.79 bits per heavy atom. The van der Waals surface area contributed by atoms with Crippen molar-refractivity contribution in [1.29, 1.82) is 0 Å². The van der Waals surface area contributed by atoms with E-state index in [0.29, 0.717) is 6.54 Å². The number of likely N-dealkylation sites (N-methyl/N-ethyl adjacent to an activating group) is 1. The molecule has 1 N–H and O–H groups in total. The average molecular weight is 283 g/mol. The van der Waals surface area contributed by atoms with E-state index in [0.717, 1.165) is 35.8 Å². The van der Waals surface area contributed by atoms with Crippen LogP contribution in [0.5, 0.6) is 0 Å². The van der Waals surface area contributed by atoms with Gasteiger partial charge < -0.3 is 9.94 Å². The molecule has 0 amide bonds. The monoisotopic (exact) mass is 282 g/mol. The minimum absolute atomic E-state index is 0.0668. The van der Waals surface area contributed by atoms with Gasteiger partial charge in [0.05, 0.1) is 12.3 Å². The van der Waals surface area contributed by atoms with Crippen molar-refractivity contribution in [2.45, 2.75) is 19.4 Å². The Morgan fingerprint density at radius 2 is 2.16 bits per heavy atom. The zero-order valence-electron chi connectivity index (χ0n) is 11.1. The fourth-order valence-corrected chi connectivity index (χ4v) is 2.27. The molecule has 1 aliphatic heterocycles. The number of hydrogen-bond donors (Lipinski definition) is 1. The molecule has 1 aliphatic rings. The molecule has 4 nitrogen and oxygen atoms in total. The fourth-order valence-electron chi connectivity index (χ4n) is 2.15. The molecule has 104 valence electrons. The van der Waals surface area contributed by atoms with Gasteiger partial charge in [0.25, 0.3) is 0 Å². The van der Waals surface area contributed by atoms with Gasteiger partial charge in [0.1, 0.15) is 6.10 Å². The van der Waals surface area contributed by atoms with Crippen molar-refractivity contribution in [3.63, 3.8) is 0 Å². The van der Waals surface area contributed by atoms with Crippen LogP contribution < -0.4 is 0 Å². The lowest BCUT2D eigenvalue weighted by molar-refractivity contribution is 0.0493. The van der Waals surface area contributed by atoms with Gasteiger partial charge in [0.15, 0.2) is 0 Å². The van der Waals surface area contributed by atoms with Crippen LogP contribution in [0.3, 0.4) is 0 Å². The minimum Gasteiger partial charge on any atom is -0.395 e. The zero-order valence-corrected chi connectivity index (χ0v) is 11.8. The van der Waals surface area contributed by atoms with Gasteiger partial charge in [0.2, 0.25) is 0 Å². The smallest absolute Gasteiger partial charge is 0.145 e. The van der Waals surface area contributed by atoms with Crippen molar-refractivity contribution in [1.82, 2.24) is 4.90 Å². The lowest BCUT2D eigenvalue weighted by atomic mass is 10.0. The van der Waals surface area contributed by atoms with E-state index >= 15 is 0 Å². The van der Waals surface area contributed by atoms with E-state index in [1.165, 1.54) is 0 Å². The molecule has 1 aromatic rings. The van der Waals surface area contributed by atoms with Crippen molar-refractivity contribution in [3.05, 3.63) is 34.9 Å². The molecule has 0 aromatic heterocycles. The first-order valence-electron chi connectivity index (χ1n) is 6.54. The normalized spacial score (nSPS) is 18.5. The molecule has 1 aromatic carbocycles. The first-order chi connectivity index (χ1) is 9.22. The first-order valence-corrected chi connectivity index (χ1v) is 6.92. The Balaban J connectivity index is 1.90. The fraction of sp³-hybridized carbons (Fsp3) is 0.500. The van der Waals surface area contributed by atoms with Gasteiger partial charge in [-0.2, -0.15) is 0 Å². The van der Waals surface area contributed by atoms with Crippen LogP contribution in [0.1, 0.15) is 18.9 Å². The number of benzene rings is 1. The third-order valence-electron chi connectivity index (χ3n) is 3.24. The third-order valence-corrected chi connectivity index (χ3v) is 3.49. The summed E-state index contributed by atoms with van der Waals surface area (Å²) < 4.78 is 0. The Bertz CT molecular complexity index is 434. The summed E-state index contributed by atoms with van der Waals surface area (Å²) in [5.74, 6) is 0. The van der Waals surface area contributed by atoms with E-state index in [9.17, 15) is 0 Å². The SMILES string of the molecule is CCN(CCO)CC1CC(c2ccc(Cl)cc2)=NO1. The number of aliphatic hydroxyl groups is 1. The molecule has 0 saturated carbocycles. The van der Waals surface area contributed by atoms with Gasteiger partial charge in [-0.05, 0) is 24.2 Å². The summed E-state index contributed by atoms with van der Waals surface area (Å²) in [6.45, 7) is 4.61. The summed E-state index contributed by atoms with van der Waals surface area (Å²) in [7, 11) is 0. The van der Waals surface area contributed by atoms with Gasteiger partial charge in [0, 0.05) is 24.5 Å². The Hall–Kier alpha value is -1.10. The summed E-state index contributed by atoms with van der Waals surface area (Å²) in [6.07, 6.45) is 0.862. The van der Waals surface area contributed by atoms with E-state index in [1.54, 1.807) is 0 Å².